The number of aliphatic hydroxyl groups is 2. The van der Waals surface area contributed by atoms with Crippen LogP contribution >= 0.6 is 0 Å². The average molecular weight is 458 g/mol. The molecule has 2 heterocycles. The first kappa shape index (κ1) is 26.5. The Morgan fingerprint density at radius 2 is 1.78 bits per heavy atom. The molecule has 2 rings (SSSR count). The van der Waals surface area contributed by atoms with Crippen LogP contribution in [0.3, 0.4) is 0 Å². The minimum Gasteiger partial charge on any atom is -0.452 e. The van der Waals surface area contributed by atoms with Crippen molar-refractivity contribution >= 4 is 17.8 Å². The lowest BCUT2D eigenvalue weighted by Crippen LogP contribution is -2.68. The lowest BCUT2D eigenvalue weighted by molar-refractivity contribution is -0.322. The summed E-state index contributed by atoms with van der Waals surface area (Å²) in [6.07, 6.45) is 7.09. The molecule has 9 heteroatoms. The monoisotopic (exact) mass is 457 g/mol. The summed E-state index contributed by atoms with van der Waals surface area (Å²) in [5.74, 6) is -3.61. The number of hydrogen-bond donors (Lipinski definition) is 3. The fourth-order valence-corrected chi connectivity index (χ4v) is 4.35. The number of fused-ring (bicyclic) bond motifs is 2. The molecule has 3 N–H and O–H groups in total. The fraction of sp³-hybridized carbons (Fsp3) is 0.870. The molecular formula is C23H39NO8. The van der Waals surface area contributed by atoms with Gasteiger partial charge in [-0.25, -0.2) is 4.79 Å². The molecule has 0 aromatic rings. The van der Waals surface area contributed by atoms with E-state index in [1.165, 1.54) is 39.0 Å². The van der Waals surface area contributed by atoms with E-state index >= 15 is 0 Å². The SMILES string of the molecule is CCCCCCCCCCCC(=O)O[C@@]12CC[C@@H](NC(C)=O)[C@H](O1)C([C@H](O)CO)OC2=O. The Bertz CT molecular complexity index is 627. The summed E-state index contributed by atoms with van der Waals surface area (Å²) >= 11 is 0. The molecule has 0 saturated carbocycles. The van der Waals surface area contributed by atoms with Gasteiger partial charge in [0.05, 0.1) is 12.6 Å². The third kappa shape index (κ3) is 7.42. The number of nitrogens with one attached hydrogen (secondary N) is 1. The maximum Gasteiger partial charge on any atom is 0.380 e. The Kier molecular flexibility index (Phi) is 10.9. The summed E-state index contributed by atoms with van der Waals surface area (Å²) in [4.78, 5) is 36.6. The Morgan fingerprint density at radius 1 is 1.16 bits per heavy atom. The fourth-order valence-electron chi connectivity index (χ4n) is 4.35. The van der Waals surface area contributed by atoms with Crippen LogP contribution in [0.15, 0.2) is 0 Å². The average Bonchev–Trinajstić information content (AvgIpc) is 2.76. The van der Waals surface area contributed by atoms with Crippen LogP contribution in [0.2, 0.25) is 0 Å². The highest BCUT2D eigenvalue weighted by Crippen LogP contribution is 2.39. The van der Waals surface area contributed by atoms with E-state index in [1.54, 1.807) is 0 Å². The largest absolute Gasteiger partial charge is 0.452 e. The first-order valence-corrected chi connectivity index (χ1v) is 12.0. The van der Waals surface area contributed by atoms with Gasteiger partial charge >= 0.3 is 17.7 Å². The minimum atomic E-state index is -1.87. The van der Waals surface area contributed by atoms with Gasteiger partial charge in [-0.1, -0.05) is 58.3 Å². The first-order chi connectivity index (χ1) is 15.3. The molecule has 0 radical (unpaired) electrons. The zero-order chi connectivity index (χ0) is 23.6. The predicted octanol–water partition coefficient (Wildman–Crippen LogP) is 2.11. The molecule has 184 valence electrons. The van der Waals surface area contributed by atoms with Gasteiger partial charge in [-0.15, -0.1) is 0 Å². The Labute approximate surface area is 190 Å². The quantitative estimate of drug-likeness (QED) is 0.267. The van der Waals surface area contributed by atoms with Gasteiger partial charge in [-0.05, 0) is 12.8 Å². The third-order valence-corrected chi connectivity index (χ3v) is 6.10. The smallest absolute Gasteiger partial charge is 0.380 e. The van der Waals surface area contributed by atoms with Gasteiger partial charge in [-0.2, -0.15) is 0 Å². The van der Waals surface area contributed by atoms with Gasteiger partial charge < -0.3 is 29.7 Å². The van der Waals surface area contributed by atoms with Crippen molar-refractivity contribution in [2.45, 2.75) is 121 Å². The molecule has 0 aromatic carbocycles. The molecule has 2 fully saturated rings. The first-order valence-electron chi connectivity index (χ1n) is 12.0. The number of esters is 2. The van der Waals surface area contributed by atoms with Crippen molar-refractivity contribution in [2.75, 3.05) is 6.61 Å². The molecule has 1 unspecified atom stereocenters. The molecule has 32 heavy (non-hydrogen) atoms. The van der Waals surface area contributed by atoms with Crippen molar-refractivity contribution in [3.63, 3.8) is 0 Å². The van der Waals surface area contributed by atoms with Crippen molar-refractivity contribution in [2.24, 2.45) is 0 Å². The van der Waals surface area contributed by atoms with Gasteiger partial charge in [0.25, 0.3) is 0 Å². The molecule has 0 aromatic heterocycles. The highest BCUT2D eigenvalue weighted by atomic mass is 16.8. The van der Waals surface area contributed by atoms with Crippen LogP contribution < -0.4 is 5.32 Å². The normalized spacial score (nSPS) is 28.0. The number of carbonyl (C=O) groups is 3. The van der Waals surface area contributed by atoms with Crippen LogP contribution in [-0.4, -0.2) is 64.8 Å². The second kappa shape index (κ2) is 13.1. The van der Waals surface area contributed by atoms with Crippen molar-refractivity contribution in [3.05, 3.63) is 0 Å². The molecule has 1 amide bonds. The van der Waals surface area contributed by atoms with E-state index in [2.05, 4.69) is 12.2 Å². The minimum absolute atomic E-state index is 0.0404. The van der Waals surface area contributed by atoms with E-state index in [9.17, 15) is 24.6 Å². The van der Waals surface area contributed by atoms with Crippen molar-refractivity contribution in [3.8, 4) is 0 Å². The Hall–Kier alpha value is -1.71. The van der Waals surface area contributed by atoms with Crippen LogP contribution in [-0.2, 0) is 28.6 Å². The summed E-state index contributed by atoms with van der Waals surface area (Å²) < 4.78 is 16.6. The number of cyclic esters (lactones) is 1. The van der Waals surface area contributed by atoms with Gasteiger partial charge in [0.1, 0.15) is 12.2 Å². The lowest BCUT2D eigenvalue weighted by atomic mass is 9.88. The Morgan fingerprint density at radius 3 is 2.38 bits per heavy atom. The molecule has 0 aliphatic carbocycles. The van der Waals surface area contributed by atoms with Gasteiger partial charge in [0, 0.05) is 19.8 Å². The number of carbonyl (C=O) groups excluding carboxylic acids is 3. The number of unbranched alkanes of at least 4 members (excludes halogenated alkanes) is 8. The van der Waals surface area contributed by atoms with Crippen LogP contribution in [0.5, 0.6) is 0 Å². The number of hydrogen-bond acceptors (Lipinski definition) is 8. The zero-order valence-electron chi connectivity index (χ0n) is 19.3. The molecule has 2 bridgehead atoms. The molecule has 0 spiro atoms. The van der Waals surface area contributed by atoms with Crippen molar-refractivity contribution in [1.82, 2.24) is 5.32 Å². The molecule has 2 saturated heterocycles. The van der Waals surface area contributed by atoms with E-state index in [0.717, 1.165) is 19.3 Å². The maximum absolute atomic E-state index is 12.6. The van der Waals surface area contributed by atoms with E-state index in [1.807, 2.05) is 0 Å². The van der Waals surface area contributed by atoms with Crippen LogP contribution in [0.25, 0.3) is 0 Å². The standard InChI is InChI=1S/C23H39NO8/c1-3-4-5-6-7-8-9-10-11-12-19(28)31-23-14-13-17(24-16(2)26)20(32-23)21(18(27)15-25)30-22(23)29/h17-18,20-21,25,27H,3-15H2,1-2H3,(H,24,26)/t17-,18-,20+,21?,23+/m1/s1. The second-order valence-corrected chi connectivity index (χ2v) is 8.85. The molecule has 2 aliphatic rings. The topological polar surface area (TPSA) is 131 Å². The molecular weight excluding hydrogens is 418 g/mol. The summed E-state index contributed by atoms with van der Waals surface area (Å²) in [6.45, 7) is 2.90. The molecule has 5 atom stereocenters. The second-order valence-electron chi connectivity index (χ2n) is 8.85. The summed E-state index contributed by atoms with van der Waals surface area (Å²) in [5, 5.41) is 22.1. The summed E-state index contributed by atoms with van der Waals surface area (Å²) in [6, 6.07) is -0.545. The maximum atomic E-state index is 12.6. The van der Waals surface area contributed by atoms with Crippen LogP contribution in [0, 0.1) is 0 Å². The summed E-state index contributed by atoms with van der Waals surface area (Å²) in [5.41, 5.74) is 0. The van der Waals surface area contributed by atoms with E-state index in [-0.39, 0.29) is 18.7 Å². The highest BCUT2D eigenvalue weighted by Gasteiger charge is 2.60. The highest BCUT2D eigenvalue weighted by molar-refractivity contribution is 5.83. The van der Waals surface area contributed by atoms with Gasteiger partial charge in [0.15, 0.2) is 6.10 Å². The van der Waals surface area contributed by atoms with Crippen molar-refractivity contribution < 1.29 is 38.8 Å². The number of aliphatic hydroxyl groups excluding tert-OH is 2. The zero-order valence-corrected chi connectivity index (χ0v) is 19.3. The van der Waals surface area contributed by atoms with E-state index in [0.29, 0.717) is 12.8 Å². The molecule has 2 aliphatic heterocycles. The Balaban J connectivity index is 1.84. The van der Waals surface area contributed by atoms with Crippen LogP contribution in [0.4, 0.5) is 0 Å². The number of rotatable bonds is 14. The van der Waals surface area contributed by atoms with E-state index in [4.69, 9.17) is 14.2 Å². The third-order valence-electron chi connectivity index (χ3n) is 6.10. The van der Waals surface area contributed by atoms with E-state index < -0.39 is 48.7 Å². The summed E-state index contributed by atoms with van der Waals surface area (Å²) in [7, 11) is 0. The lowest BCUT2D eigenvalue weighted by Gasteiger charge is -2.49. The van der Waals surface area contributed by atoms with Gasteiger partial charge in [0.2, 0.25) is 5.91 Å². The molecule has 9 nitrogen and oxygen atoms in total. The predicted molar refractivity (Wildman–Crippen MR) is 115 cm³/mol. The van der Waals surface area contributed by atoms with Crippen molar-refractivity contribution in [1.29, 1.82) is 0 Å². The number of ether oxygens (including phenoxy) is 3. The number of amides is 1. The van der Waals surface area contributed by atoms with Gasteiger partial charge in [-0.3, -0.25) is 9.59 Å². The van der Waals surface area contributed by atoms with Crippen LogP contribution in [0.1, 0.15) is 90.9 Å².